The molecule has 7 heteroatoms. The number of carbonyl (C=O) groups is 2. The summed E-state index contributed by atoms with van der Waals surface area (Å²) in [7, 11) is 0. The lowest BCUT2D eigenvalue weighted by molar-refractivity contribution is -0.124. The van der Waals surface area contributed by atoms with Gasteiger partial charge < -0.3 is 25.4 Å². The first-order valence-electron chi connectivity index (χ1n) is 5.75. The van der Waals surface area contributed by atoms with Gasteiger partial charge in [0.15, 0.2) is 0 Å². The number of hydrogen-bond acceptors (Lipinski definition) is 6. The van der Waals surface area contributed by atoms with Gasteiger partial charge in [0.05, 0.1) is 18.8 Å². The van der Waals surface area contributed by atoms with E-state index in [0.717, 1.165) is 0 Å². The number of Topliss-reactive ketones (excluding diaryl/α,β-unsaturated/α-hetero) is 1. The number of aliphatic hydroxyl groups excluding tert-OH is 3. The molecule has 0 unspecified atom stereocenters. The van der Waals surface area contributed by atoms with E-state index in [-0.39, 0.29) is 18.1 Å². The number of aliphatic hydroxyl groups is 3. The van der Waals surface area contributed by atoms with Gasteiger partial charge >= 0.3 is 0 Å². The number of ketones is 1. The van der Waals surface area contributed by atoms with Gasteiger partial charge in [0.1, 0.15) is 24.1 Å². The molecule has 0 aromatic heterocycles. The van der Waals surface area contributed by atoms with Gasteiger partial charge in [-0.3, -0.25) is 9.59 Å². The molecule has 4 N–H and O–H groups in total. The Hall–Kier alpha value is -1.02. The first-order chi connectivity index (χ1) is 8.36. The van der Waals surface area contributed by atoms with Crippen molar-refractivity contribution in [3.8, 4) is 0 Å². The van der Waals surface area contributed by atoms with Crippen LogP contribution in [0.3, 0.4) is 0 Å². The lowest BCUT2D eigenvalue weighted by Gasteiger charge is -2.21. The molecule has 1 saturated heterocycles. The van der Waals surface area contributed by atoms with Crippen LogP contribution in [0.2, 0.25) is 0 Å². The van der Waals surface area contributed by atoms with E-state index in [9.17, 15) is 19.8 Å². The van der Waals surface area contributed by atoms with E-state index >= 15 is 0 Å². The average molecular weight is 261 g/mol. The van der Waals surface area contributed by atoms with Crippen molar-refractivity contribution in [2.45, 2.75) is 50.7 Å². The molecule has 0 aromatic carbocycles. The van der Waals surface area contributed by atoms with Crippen molar-refractivity contribution in [1.82, 2.24) is 5.32 Å². The van der Waals surface area contributed by atoms with Gasteiger partial charge in [-0.2, -0.15) is 0 Å². The molecule has 1 aliphatic rings. The van der Waals surface area contributed by atoms with Crippen LogP contribution >= 0.6 is 0 Å². The number of ether oxygens (including phenoxy) is 1. The Morgan fingerprint density at radius 3 is 2.44 bits per heavy atom. The molecule has 1 rings (SSSR count). The highest BCUT2D eigenvalue weighted by Gasteiger charge is 2.47. The zero-order valence-corrected chi connectivity index (χ0v) is 10.4. The standard InChI is InChI=1S/C11H19NO6/c1-5(14)3-8-9(12-6(2)15)10(17)11(18-8)7(16)4-13/h7-11,13,16-17H,3-4H2,1-2H3,(H,12,15)/t7-,8+,9+,10-,11+/m1/s1. The van der Waals surface area contributed by atoms with Crippen molar-refractivity contribution in [2.75, 3.05) is 6.61 Å². The summed E-state index contributed by atoms with van der Waals surface area (Å²) in [5, 5.41) is 30.8. The maximum atomic E-state index is 11.1. The lowest BCUT2D eigenvalue weighted by Crippen LogP contribution is -2.49. The van der Waals surface area contributed by atoms with E-state index < -0.39 is 37.1 Å². The first kappa shape index (κ1) is 15.0. The van der Waals surface area contributed by atoms with Crippen LogP contribution in [0.15, 0.2) is 0 Å². The minimum Gasteiger partial charge on any atom is -0.394 e. The van der Waals surface area contributed by atoms with Crippen LogP contribution in [0, 0.1) is 0 Å². The second-order valence-corrected chi connectivity index (χ2v) is 4.51. The molecule has 0 aromatic rings. The largest absolute Gasteiger partial charge is 0.394 e. The third-order valence-corrected chi connectivity index (χ3v) is 2.86. The summed E-state index contributed by atoms with van der Waals surface area (Å²) in [6.07, 6.45) is -4.12. The van der Waals surface area contributed by atoms with Crippen molar-refractivity contribution in [3.63, 3.8) is 0 Å². The highest BCUT2D eigenvalue weighted by molar-refractivity contribution is 5.77. The van der Waals surface area contributed by atoms with Crippen molar-refractivity contribution in [3.05, 3.63) is 0 Å². The van der Waals surface area contributed by atoms with E-state index in [1.807, 2.05) is 0 Å². The summed E-state index contributed by atoms with van der Waals surface area (Å²) in [6.45, 7) is 2.09. The number of rotatable bonds is 5. The summed E-state index contributed by atoms with van der Waals surface area (Å²) in [4.78, 5) is 22.1. The van der Waals surface area contributed by atoms with Gasteiger partial charge in [0, 0.05) is 13.3 Å². The van der Waals surface area contributed by atoms with Crippen LogP contribution in [0.1, 0.15) is 20.3 Å². The fraction of sp³-hybridized carbons (Fsp3) is 0.818. The summed E-state index contributed by atoms with van der Waals surface area (Å²) in [6, 6.07) is -0.766. The van der Waals surface area contributed by atoms with E-state index in [4.69, 9.17) is 9.84 Å². The predicted molar refractivity (Wildman–Crippen MR) is 60.7 cm³/mol. The Labute approximate surface area is 105 Å². The Morgan fingerprint density at radius 2 is 2.00 bits per heavy atom. The Balaban J connectivity index is 2.80. The molecule has 0 spiro atoms. The quantitative estimate of drug-likeness (QED) is 0.453. The average Bonchev–Trinajstić information content (AvgIpc) is 2.55. The molecule has 0 aliphatic carbocycles. The fourth-order valence-corrected chi connectivity index (χ4v) is 2.08. The summed E-state index contributed by atoms with van der Waals surface area (Å²) in [5.41, 5.74) is 0. The number of hydrogen-bond donors (Lipinski definition) is 4. The Kier molecular flexibility index (Phi) is 5.21. The van der Waals surface area contributed by atoms with Crippen LogP contribution in [0.4, 0.5) is 0 Å². The van der Waals surface area contributed by atoms with Gasteiger partial charge in [0.25, 0.3) is 0 Å². The molecule has 5 atom stereocenters. The molecule has 104 valence electrons. The zero-order chi connectivity index (χ0) is 13.9. The summed E-state index contributed by atoms with van der Waals surface area (Å²) < 4.78 is 5.36. The molecule has 0 bridgehead atoms. The van der Waals surface area contributed by atoms with E-state index in [2.05, 4.69) is 5.32 Å². The van der Waals surface area contributed by atoms with Crippen LogP contribution in [0.5, 0.6) is 0 Å². The van der Waals surface area contributed by atoms with Crippen LogP contribution in [0.25, 0.3) is 0 Å². The zero-order valence-electron chi connectivity index (χ0n) is 10.4. The van der Waals surface area contributed by atoms with Gasteiger partial charge in [-0.15, -0.1) is 0 Å². The van der Waals surface area contributed by atoms with E-state index in [1.165, 1.54) is 13.8 Å². The molecular weight excluding hydrogens is 242 g/mol. The van der Waals surface area contributed by atoms with Crippen LogP contribution in [-0.4, -0.2) is 64.1 Å². The Bertz CT molecular complexity index is 321. The Morgan fingerprint density at radius 1 is 1.39 bits per heavy atom. The van der Waals surface area contributed by atoms with E-state index in [0.29, 0.717) is 0 Å². The van der Waals surface area contributed by atoms with E-state index in [1.54, 1.807) is 0 Å². The normalized spacial score (nSPS) is 33.2. The van der Waals surface area contributed by atoms with Crippen molar-refractivity contribution in [2.24, 2.45) is 0 Å². The summed E-state index contributed by atoms with van der Waals surface area (Å²) >= 11 is 0. The minimum atomic E-state index is -1.26. The molecule has 18 heavy (non-hydrogen) atoms. The third-order valence-electron chi connectivity index (χ3n) is 2.86. The van der Waals surface area contributed by atoms with Crippen molar-refractivity contribution < 1.29 is 29.6 Å². The molecule has 0 radical (unpaired) electrons. The molecule has 1 fully saturated rings. The fourth-order valence-electron chi connectivity index (χ4n) is 2.08. The molecular formula is C11H19NO6. The van der Waals surface area contributed by atoms with Crippen molar-refractivity contribution >= 4 is 11.7 Å². The van der Waals surface area contributed by atoms with Crippen LogP contribution < -0.4 is 5.32 Å². The maximum Gasteiger partial charge on any atom is 0.217 e. The molecule has 1 heterocycles. The summed E-state index contributed by atoms with van der Waals surface area (Å²) in [5.74, 6) is -0.517. The second-order valence-electron chi connectivity index (χ2n) is 4.51. The second kappa shape index (κ2) is 6.24. The molecule has 1 aliphatic heterocycles. The molecule has 0 saturated carbocycles. The van der Waals surface area contributed by atoms with Crippen LogP contribution in [-0.2, 0) is 14.3 Å². The number of nitrogens with one attached hydrogen (secondary N) is 1. The SMILES string of the molecule is CC(=O)C[C@@H]1O[C@@H]([C@H](O)CO)[C@H](O)[C@H]1NC(C)=O. The predicted octanol–water partition coefficient (Wildman–Crippen LogP) is -2.05. The molecule has 1 amide bonds. The lowest BCUT2D eigenvalue weighted by atomic mass is 9.99. The van der Waals surface area contributed by atoms with Crippen molar-refractivity contribution in [1.29, 1.82) is 0 Å². The highest BCUT2D eigenvalue weighted by atomic mass is 16.5. The topological polar surface area (TPSA) is 116 Å². The third kappa shape index (κ3) is 3.49. The minimum absolute atomic E-state index is 0.0245. The monoisotopic (exact) mass is 261 g/mol. The van der Waals surface area contributed by atoms with Gasteiger partial charge in [-0.05, 0) is 6.92 Å². The highest BCUT2D eigenvalue weighted by Crippen LogP contribution is 2.26. The maximum absolute atomic E-state index is 11.1. The number of carbonyl (C=O) groups excluding carboxylic acids is 2. The molecule has 7 nitrogen and oxygen atoms in total. The van der Waals surface area contributed by atoms with Gasteiger partial charge in [-0.25, -0.2) is 0 Å². The number of amides is 1. The van der Waals surface area contributed by atoms with Gasteiger partial charge in [-0.1, -0.05) is 0 Å². The first-order valence-corrected chi connectivity index (χ1v) is 5.75. The van der Waals surface area contributed by atoms with Gasteiger partial charge in [0.2, 0.25) is 5.91 Å². The smallest absolute Gasteiger partial charge is 0.217 e.